The van der Waals surface area contributed by atoms with E-state index in [9.17, 15) is 4.79 Å². The third kappa shape index (κ3) is 3.32. The van der Waals surface area contributed by atoms with Crippen molar-refractivity contribution in [3.63, 3.8) is 0 Å². The summed E-state index contributed by atoms with van der Waals surface area (Å²) in [7, 11) is 1.73. The molecule has 0 fully saturated rings. The molecule has 0 saturated heterocycles. The highest BCUT2D eigenvalue weighted by Crippen LogP contribution is 2.23. The van der Waals surface area contributed by atoms with Gasteiger partial charge in [0.2, 0.25) is 0 Å². The SMILES string of the molecule is CN(Cc1ccccc1N)C(=O)c1ccc(Br)cc1Cl. The topological polar surface area (TPSA) is 46.3 Å². The molecule has 0 radical (unpaired) electrons. The number of nitrogens with zero attached hydrogens (tertiary/aromatic N) is 1. The molecule has 2 aromatic rings. The van der Waals surface area contributed by atoms with E-state index >= 15 is 0 Å². The summed E-state index contributed by atoms with van der Waals surface area (Å²) in [6.45, 7) is 0.442. The van der Waals surface area contributed by atoms with Crippen molar-refractivity contribution in [2.75, 3.05) is 12.8 Å². The molecule has 0 spiro atoms. The first-order chi connectivity index (χ1) is 9.49. The number of hydrogen-bond donors (Lipinski definition) is 1. The molecule has 20 heavy (non-hydrogen) atoms. The second-order valence-electron chi connectivity index (χ2n) is 4.48. The summed E-state index contributed by atoms with van der Waals surface area (Å²) in [4.78, 5) is 14.0. The Morgan fingerprint density at radius 1 is 1.30 bits per heavy atom. The van der Waals surface area contributed by atoms with Gasteiger partial charge in [0.15, 0.2) is 0 Å². The van der Waals surface area contributed by atoms with E-state index in [2.05, 4.69) is 15.9 Å². The van der Waals surface area contributed by atoms with Crippen LogP contribution in [0.25, 0.3) is 0 Å². The van der Waals surface area contributed by atoms with Gasteiger partial charge in [-0.1, -0.05) is 45.7 Å². The molecule has 5 heteroatoms. The van der Waals surface area contributed by atoms with Gasteiger partial charge in [0.1, 0.15) is 0 Å². The van der Waals surface area contributed by atoms with Gasteiger partial charge in [-0.3, -0.25) is 4.79 Å². The first-order valence-corrected chi connectivity index (χ1v) is 7.20. The third-order valence-electron chi connectivity index (χ3n) is 2.97. The molecule has 0 heterocycles. The Morgan fingerprint density at radius 2 is 2.00 bits per heavy atom. The van der Waals surface area contributed by atoms with Crippen LogP contribution in [0.5, 0.6) is 0 Å². The minimum atomic E-state index is -0.134. The number of anilines is 1. The van der Waals surface area contributed by atoms with Crippen molar-refractivity contribution in [3.05, 3.63) is 63.1 Å². The Morgan fingerprint density at radius 3 is 2.65 bits per heavy atom. The average Bonchev–Trinajstić information content (AvgIpc) is 2.40. The quantitative estimate of drug-likeness (QED) is 0.849. The maximum Gasteiger partial charge on any atom is 0.255 e. The van der Waals surface area contributed by atoms with Gasteiger partial charge in [0.05, 0.1) is 10.6 Å². The lowest BCUT2D eigenvalue weighted by molar-refractivity contribution is 0.0785. The van der Waals surface area contributed by atoms with Crippen LogP contribution in [0.3, 0.4) is 0 Å². The molecule has 0 aromatic heterocycles. The fourth-order valence-electron chi connectivity index (χ4n) is 1.87. The van der Waals surface area contributed by atoms with Crippen LogP contribution in [-0.4, -0.2) is 17.9 Å². The normalized spacial score (nSPS) is 10.3. The molecule has 104 valence electrons. The van der Waals surface area contributed by atoms with Gasteiger partial charge >= 0.3 is 0 Å². The second kappa shape index (κ2) is 6.29. The Balaban J connectivity index is 2.19. The van der Waals surface area contributed by atoms with Gasteiger partial charge in [-0.25, -0.2) is 0 Å². The zero-order valence-corrected chi connectivity index (χ0v) is 13.3. The first kappa shape index (κ1) is 14.9. The highest BCUT2D eigenvalue weighted by Gasteiger charge is 2.16. The van der Waals surface area contributed by atoms with Crippen LogP contribution in [0.4, 0.5) is 5.69 Å². The van der Waals surface area contributed by atoms with Gasteiger partial charge in [-0.2, -0.15) is 0 Å². The van der Waals surface area contributed by atoms with Gasteiger partial charge in [-0.15, -0.1) is 0 Å². The molecule has 0 saturated carbocycles. The van der Waals surface area contributed by atoms with Gasteiger partial charge < -0.3 is 10.6 Å². The van der Waals surface area contributed by atoms with Crippen molar-refractivity contribution in [2.45, 2.75) is 6.54 Å². The summed E-state index contributed by atoms with van der Waals surface area (Å²) >= 11 is 9.42. The monoisotopic (exact) mass is 352 g/mol. The number of amides is 1. The first-order valence-electron chi connectivity index (χ1n) is 6.03. The number of hydrogen-bond acceptors (Lipinski definition) is 2. The molecule has 2 rings (SSSR count). The summed E-state index contributed by atoms with van der Waals surface area (Å²) in [5, 5.41) is 0.428. The molecule has 1 amide bonds. The largest absolute Gasteiger partial charge is 0.398 e. The van der Waals surface area contributed by atoms with Crippen molar-refractivity contribution in [3.8, 4) is 0 Å². The van der Waals surface area contributed by atoms with Crippen LogP contribution in [0.1, 0.15) is 15.9 Å². The van der Waals surface area contributed by atoms with Gasteiger partial charge in [0, 0.05) is 23.8 Å². The Kier molecular flexibility index (Phi) is 4.68. The molecule has 2 N–H and O–H groups in total. The number of nitrogen functional groups attached to an aromatic ring is 1. The molecule has 0 unspecified atom stereocenters. The molecular formula is C15H14BrClN2O. The number of rotatable bonds is 3. The van der Waals surface area contributed by atoms with Crippen LogP contribution in [0.2, 0.25) is 5.02 Å². The lowest BCUT2D eigenvalue weighted by atomic mass is 10.1. The number of halogens is 2. The molecular weight excluding hydrogens is 340 g/mol. The Hall–Kier alpha value is -1.52. The molecule has 0 atom stereocenters. The predicted octanol–water partition coefficient (Wildman–Crippen LogP) is 3.96. The number of para-hydroxylation sites is 1. The Bertz CT molecular complexity index is 646. The number of carbonyl (C=O) groups excluding carboxylic acids is 1. The maximum atomic E-state index is 12.4. The highest BCUT2D eigenvalue weighted by molar-refractivity contribution is 9.10. The minimum absolute atomic E-state index is 0.134. The van der Waals surface area contributed by atoms with Crippen LogP contribution in [-0.2, 0) is 6.54 Å². The molecule has 2 aromatic carbocycles. The summed E-state index contributed by atoms with van der Waals surface area (Å²) < 4.78 is 0.842. The molecule has 0 bridgehead atoms. The van der Waals surface area contributed by atoms with E-state index in [1.54, 1.807) is 30.1 Å². The summed E-state index contributed by atoms with van der Waals surface area (Å²) in [5.41, 5.74) is 7.95. The average molecular weight is 354 g/mol. The number of nitrogens with two attached hydrogens (primary N) is 1. The van der Waals surface area contributed by atoms with Crippen molar-refractivity contribution in [1.82, 2.24) is 4.90 Å². The fraction of sp³-hybridized carbons (Fsp3) is 0.133. The maximum absolute atomic E-state index is 12.4. The van der Waals surface area contributed by atoms with Crippen LogP contribution in [0.15, 0.2) is 46.9 Å². The van der Waals surface area contributed by atoms with E-state index in [-0.39, 0.29) is 5.91 Å². The third-order valence-corrected chi connectivity index (χ3v) is 3.78. The summed E-state index contributed by atoms with van der Waals surface area (Å²) in [6.07, 6.45) is 0. The lowest BCUT2D eigenvalue weighted by Crippen LogP contribution is -2.26. The van der Waals surface area contributed by atoms with E-state index in [1.165, 1.54) is 0 Å². The van der Waals surface area contributed by atoms with Crippen LogP contribution >= 0.6 is 27.5 Å². The molecule has 0 aliphatic rings. The zero-order valence-electron chi connectivity index (χ0n) is 10.9. The lowest BCUT2D eigenvalue weighted by Gasteiger charge is -2.19. The van der Waals surface area contributed by atoms with Crippen molar-refractivity contribution >= 4 is 39.1 Å². The smallest absolute Gasteiger partial charge is 0.255 e. The standard InChI is InChI=1S/C15H14BrClN2O/c1-19(9-10-4-2-3-5-14(10)18)15(20)12-7-6-11(16)8-13(12)17/h2-8H,9,18H2,1H3. The number of carbonyl (C=O) groups is 1. The van der Waals surface area contributed by atoms with Crippen LogP contribution in [0, 0.1) is 0 Å². The summed E-state index contributed by atoms with van der Waals surface area (Å²) in [6, 6.07) is 12.7. The van der Waals surface area contributed by atoms with Crippen molar-refractivity contribution in [2.24, 2.45) is 0 Å². The van der Waals surface area contributed by atoms with Crippen molar-refractivity contribution in [1.29, 1.82) is 0 Å². The van der Waals surface area contributed by atoms with E-state index < -0.39 is 0 Å². The van der Waals surface area contributed by atoms with Crippen LogP contribution < -0.4 is 5.73 Å². The van der Waals surface area contributed by atoms with E-state index in [4.69, 9.17) is 17.3 Å². The zero-order chi connectivity index (χ0) is 14.7. The molecule has 0 aliphatic heterocycles. The Labute approximate surface area is 131 Å². The summed E-state index contributed by atoms with van der Waals surface area (Å²) in [5.74, 6) is -0.134. The minimum Gasteiger partial charge on any atom is -0.398 e. The number of benzene rings is 2. The fourth-order valence-corrected chi connectivity index (χ4v) is 2.63. The molecule has 3 nitrogen and oxygen atoms in total. The predicted molar refractivity (Wildman–Crippen MR) is 85.8 cm³/mol. The highest BCUT2D eigenvalue weighted by atomic mass is 79.9. The second-order valence-corrected chi connectivity index (χ2v) is 5.81. The van der Waals surface area contributed by atoms with Gasteiger partial charge in [-0.05, 0) is 29.8 Å². The van der Waals surface area contributed by atoms with Gasteiger partial charge in [0.25, 0.3) is 5.91 Å². The molecule has 0 aliphatic carbocycles. The van der Waals surface area contributed by atoms with E-state index in [0.29, 0.717) is 22.8 Å². The van der Waals surface area contributed by atoms with Crippen molar-refractivity contribution < 1.29 is 4.79 Å². The van der Waals surface area contributed by atoms with E-state index in [1.807, 2.05) is 24.3 Å². The van der Waals surface area contributed by atoms with E-state index in [0.717, 1.165) is 10.0 Å².